The first kappa shape index (κ1) is 18.1. The largest absolute Gasteiger partial charge is 0.480 e. The topological polar surface area (TPSA) is 119 Å². The zero-order chi connectivity index (χ0) is 17.7. The van der Waals surface area contributed by atoms with Crippen LogP contribution in [0.15, 0.2) is 41.6 Å². The number of nitrogens with two attached hydrogens (primary N) is 1. The molecule has 0 amide bonds. The molecule has 2 aromatic rings. The molecule has 0 radical (unpaired) electrons. The van der Waals surface area contributed by atoms with Gasteiger partial charge < -0.3 is 9.67 Å². The van der Waals surface area contributed by atoms with Gasteiger partial charge in [0.05, 0.1) is 18.0 Å². The first-order valence-corrected chi connectivity index (χ1v) is 8.82. The minimum absolute atomic E-state index is 0.0571. The third kappa shape index (κ3) is 5.15. The maximum Gasteiger partial charge on any atom is 0.317 e. The van der Waals surface area contributed by atoms with Crippen LogP contribution >= 0.6 is 0 Å². The van der Waals surface area contributed by atoms with Gasteiger partial charge in [0.2, 0.25) is 10.0 Å². The fourth-order valence-electron chi connectivity index (χ4n) is 2.29. The van der Waals surface area contributed by atoms with Gasteiger partial charge in [0.15, 0.2) is 0 Å². The highest BCUT2D eigenvalue weighted by Gasteiger charge is 2.13. The van der Waals surface area contributed by atoms with Crippen LogP contribution in [0.2, 0.25) is 0 Å². The lowest BCUT2D eigenvalue weighted by Crippen LogP contribution is -2.32. The molecule has 24 heavy (non-hydrogen) atoms. The SMILES string of the molecule is Cn1ccnc1CN(CCc1ccc(S(N)(=O)=O)cc1)CC(=O)O. The minimum atomic E-state index is -3.70. The monoisotopic (exact) mass is 352 g/mol. The lowest BCUT2D eigenvalue weighted by atomic mass is 10.1. The van der Waals surface area contributed by atoms with Gasteiger partial charge in [0.25, 0.3) is 0 Å². The molecule has 0 saturated heterocycles. The quantitative estimate of drug-likeness (QED) is 0.700. The van der Waals surface area contributed by atoms with Crippen LogP contribution < -0.4 is 5.14 Å². The van der Waals surface area contributed by atoms with Gasteiger partial charge in [-0.2, -0.15) is 0 Å². The number of aromatic nitrogens is 2. The number of sulfonamides is 1. The summed E-state index contributed by atoms with van der Waals surface area (Å²) in [6, 6.07) is 6.26. The highest BCUT2D eigenvalue weighted by molar-refractivity contribution is 7.89. The van der Waals surface area contributed by atoms with E-state index >= 15 is 0 Å². The minimum Gasteiger partial charge on any atom is -0.480 e. The summed E-state index contributed by atoms with van der Waals surface area (Å²) in [6.45, 7) is 0.834. The number of hydrogen-bond acceptors (Lipinski definition) is 5. The van der Waals surface area contributed by atoms with Crippen molar-refractivity contribution in [1.29, 1.82) is 0 Å². The maximum absolute atomic E-state index is 11.2. The Labute approximate surface area is 140 Å². The second-order valence-corrected chi connectivity index (χ2v) is 7.06. The molecule has 0 spiro atoms. The Balaban J connectivity index is 2.02. The van der Waals surface area contributed by atoms with Crippen molar-refractivity contribution in [3.8, 4) is 0 Å². The van der Waals surface area contributed by atoms with Crippen molar-refractivity contribution < 1.29 is 18.3 Å². The van der Waals surface area contributed by atoms with E-state index in [0.29, 0.717) is 19.5 Å². The number of nitrogens with zero attached hydrogens (tertiary/aromatic N) is 3. The predicted octanol–water partition coefficient (Wildman–Crippen LogP) is 0.197. The number of primary sulfonamides is 1. The normalized spacial score (nSPS) is 11.8. The second kappa shape index (κ2) is 7.56. The van der Waals surface area contributed by atoms with E-state index in [2.05, 4.69) is 4.98 Å². The van der Waals surface area contributed by atoms with E-state index < -0.39 is 16.0 Å². The Kier molecular flexibility index (Phi) is 5.71. The number of carboxylic acid groups (broad SMARTS) is 1. The standard InChI is InChI=1S/C15H20N4O4S/c1-18-9-7-17-14(18)10-19(11-15(20)21)8-6-12-2-4-13(5-3-12)24(16,22)23/h2-5,7,9H,6,8,10-11H2,1H3,(H,20,21)(H2,16,22,23). The summed E-state index contributed by atoms with van der Waals surface area (Å²) in [5, 5.41) is 14.1. The molecule has 1 aromatic carbocycles. The van der Waals surface area contributed by atoms with Crippen LogP contribution in [0.4, 0.5) is 0 Å². The number of carbonyl (C=O) groups is 1. The number of hydrogen-bond donors (Lipinski definition) is 2. The van der Waals surface area contributed by atoms with E-state index in [1.54, 1.807) is 29.4 Å². The highest BCUT2D eigenvalue weighted by Crippen LogP contribution is 2.10. The van der Waals surface area contributed by atoms with Crippen LogP contribution in [0.3, 0.4) is 0 Å². The summed E-state index contributed by atoms with van der Waals surface area (Å²) in [6.07, 6.45) is 4.06. The molecule has 0 aliphatic carbocycles. The van der Waals surface area contributed by atoms with Crippen LogP contribution in [-0.2, 0) is 34.8 Å². The van der Waals surface area contributed by atoms with Gasteiger partial charge in [-0.1, -0.05) is 12.1 Å². The molecule has 1 aromatic heterocycles. The van der Waals surface area contributed by atoms with Crippen LogP contribution in [0, 0.1) is 0 Å². The van der Waals surface area contributed by atoms with Gasteiger partial charge in [-0.05, 0) is 24.1 Å². The fraction of sp³-hybridized carbons (Fsp3) is 0.333. The van der Waals surface area contributed by atoms with Crippen molar-refractivity contribution in [1.82, 2.24) is 14.5 Å². The third-order valence-electron chi connectivity index (χ3n) is 3.61. The zero-order valence-electron chi connectivity index (χ0n) is 13.3. The van der Waals surface area contributed by atoms with E-state index in [1.807, 2.05) is 11.6 Å². The van der Waals surface area contributed by atoms with Crippen molar-refractivity contribution in [2.75, 3.05) is 13.1 Å². The number of aryl methyl sites for hydroxylation is 1. The van der Waals surface area contributed by atoms with Crippen molar-refractivity contribution in [3.05, 3.63) is 48.0 Å². The van der Waals surface area contributed by atoms with Crippen molar-refractivity contribution in [3.63, 3.8) is 0 Å². The summed E-state index contributed by atoms with van der Waals surface area (Å²) >= 11 is 0. The molecular weight excluding hydrogens is 332 g/mol. The molecule has 0 bridgehead atoms. The number of benzene rings is 1. The number of carboxylic acids is 1. The van der Waals surface area contributed by atoms with Crippen molar-refractivity contribution >= 4 is 16.0 Å². The Hall–Kier alpha value is -2.23. The predicted molar refractivity (Wildman–Crippen MR) is 87.6 cm³/mol. The first-order valence-electron chi connectivity index (χ1n) is 7.28. The van der Waals surface area contributed by atoms with Crippen LogP contribution in [0.25, 0.3) is 0 Å². The number of aliphatic carboxylic acids is 1. The molecule has 2 rings (SSSR count). The third-order valence-corrected chi connectivity index (χ3v) is 4.54. The van der Waals surface area contributed by atoms with E-state index in [0.717, 1.165) is 11.4 Å². The van der Waals surface area contributed by atoms with Gasteiger partial charge in [-0.3, -0.25) is 9.69 Å². The molecule has 0 fully saturated rings. The molecule has 0 saturated carbocycles. The molecular formula is C15H20N4O4S. The van der Waals surface area contributed by atoms with Crippen LogP contribution in [-0.4, -0.2) is 47.0 Å². The Morgan fingerprint density at radius 1 is 1.33 bits per heavy atom. The summed E-state index contributed by atoms with van der Waals surface area (Å²) in [7, 11) is -1.85. The van der Waals surface area contributed by atoms with E-state index in [4.69, 9.17) is 10.2 Å². The molecule has 8 nitrogen and oxygen atoms in total. The van der Waals surface area contributed by atoms with Crippen LogP contribution in [0.5, 0.6) is 0 Å². The van der Waals surface area contributed by atoms with Gasteiger partial charge >= 0.3 is 5.97 Å². The van der Waals surface area contributed by atoms with E-state index in [1.165, 1.54) is 12.1 Å². The smallest absolute Gasteiger partial charge is 0.317 e. The molecule has 0 aliphatic heterocycles. The first-order chi connectivity index (χ1) is 11.3. The molecule has 0 unspecified atom stereocenters. The van der Waals surface area contributed by atoms with Gasteiger partial charge in [-0.25, -0.2) is 18.5 Å². The summed E-state index contributed by atoms with van der Waals surface area (Å²) < 4.78 is 24.3. The van der Waals surface area contributed by atoms with Gasteiger partial charge in [0.1, 0.15) is 5.82 Å². The summed E-state index contributed by atoms with van der Waals surface area (Å²) in [5.41, 5.74) is 0.901. The molecule has 1 heterocycles. The average Bonchev–Trinajstić information content (AvgIpc) is 2.89. The van der Waals surface area contributed by atoms with E-state index in [9.17, 15) is 13.2 Å². The molecule has 0 atom stereocenters. The van der Waals surface area contributed by atoms with Crippen molar-refractivity contribution in [2.45, 2.75) is 17.9 Å². The molecule has 9 heteroatoms. The highest BCUT2D eigenvalue weighted by atomic mass is 32.2. The fourth-order valence-corrected chi connectivity index (χ4v) is 2.80. The van der Waals surface area contributed by atoms with Crippen LogP contribution in [0.1, 0.15) is 11.4 Å². The molecule has 3 N–H and O–H groups in total. The number of imidazole rings is 1. The van der Waals surface area contributed by atoms with E-state index in [-0.39, 0.29) is 11.4 Å². The van der Waals surface area contributed by atoms with Gasteiger partial charge in [0, 0.05) is 26.0 Å². The van der Waals surface area contributed by atoms with Crippen molar-refractivity contribution in [2.24, 2.45) is 12.2 Å². The zero-order valence-corrected chi connectivity index (χ0v) is 14.1. The second-order valence-electron chi connectivity index (χ2n) is 5.50. The molecule has 0 aliphatic rings. The Morgan fingerprint density at radius 3 is 2.50 bits per heavy atom. The lowest BCUT2D eigenvalue weighted by Gasteiger charge is -2.20. The summed E-state index contributed by atoms with van der Waals surface area (Å²) in [5.74, 6) is -0.130. The summed E-state index contributed by atoms with van der Waals surface area (Å²) in [4.78, 5) is 17.1. The Morgan fingerprint density at radius 2 is 2.00 bits per heavy atom. The maximum atomic E-state index is 11.2. The Bertz CT molecular complexity index is 799. The van der Waals surface area contributed by atoms with Gasteiger partial charge in [-0.15, -0.1) is 0 Å². The average molecular weight is 352 g/mol. The number of rotatable bonds is 8. The molecule has 130 valence electrons. The lowest BCUT2D eigenvalue weighted by molar-refractivity contribution is -0.138.